The van der Waals surface area contributed by atoms with Crippen molar-refractivity contribution in [1.29, 1.82) is 0 Å². The third-order valence-corrected chi connectivity index (χ3v) is 5.57. The van der Waals surface area contributed by atoms with Gasteiger partial charge in [0.05, 0.1) is 26.0 Å². The van der Waals surface area contributed by atoms with Crippen molar-refractivity contribution < 1.29 is 19.1 Å². The molecule has 0 saturated heterocycles. The summed E-state index contributed by atoms with van der Waals surface area (Å²) < 4.78 is 10.5. The molecule has 3 rings (SSSR count). The molecule has 1 aliphatic heterocycles. The lowest BCUT2D eigenvalue weighted by molar-refractivity contribution is -0.141. The first-order valence-electron chi connectivity index (χ1n) is 11.0. The van der Waals surface area contributed by atoms with Crippen LogP contribution in [0.25, 0.3) is 0 Å². The Hall–Kier alpha value is -3.35. The zero-order valence-electron chi connectivity index (χ0n) is 20.3. The van der Waals surface area contributed by atoms with Crippen molar-refractivity contribution in [2.24, 2.45) is 10.5 Å². The van der Waals surface area contributed by atoms with Crippen molar-refractivity contribution in [1.82, 2.24) is 9.91 Å². The Morgan fingerprint density at radius 2 is 1.55 bits per heavy atom. The van der Waals surface area contributed by atoms with Gasteiger partial charge in [-0.2, -0.15) is 5.10 Å². The molecule has 0 radical (unpaired) electrons. The minimum atomic E-state index is -0.258. The molecule has 2 aromatic carbocycles. The van der Waals surface area contributed by atoms with Crippen molar-refractivity contribution in [2.45, 2.75) is 39.7 Å². The molecule has 0 saturated carbocycles. The van der Waals surface area contributed by atoms with Gasteiger partial charge in [-0.15, -0.1) is 0 Å². The average molecular weight is 452 g/mol. The molecule has 0 spiro atoms. The van der Waals surface area contributed by atoms with E-state index in [1.165, 1.54) is 9.91 Å². The van der Waals surface area contributed by atoms with E-state index in [0.29, 0.717) is 12.8 Å². The number of benzene rings is 2. The zero-order chi connectivity index (χ0) is 24.2. The summed E-state index contributed by atoms with van der Waals surface area (Å²) in [5, 5.41) is 6.21. The fourth-order valence-corrected chi connectivity index (χ4v) is 3.74. The van der Waals surface area contributed by atoms with E-state index in [2.05, 4.69) is 0 Å². The first kappa shape index (κ1) is 24.3. The van der Waals surface area contributed by atoms with Gasteiger partial charge >= 0.3 is 0 Å². The van der Waals surface area contributed by atoms with Gasteiger partial charge in [0.2, 0.25) is 5.91 Å². The molecule has 0 N–H and O–H groups in total. The Kier molecular flexibility index (Phi) is 7.41. The molecule has 0 aliphatic carbocycles. The number of hydrogen-bond donors (Lipinski definition) is 0. The van der Waals surface area contributed by atoms with E-state index in [0.717, 1.165) is 28.3 Å². The maximum atomic E-state index is 13.3. The molecule has 1 heterocycles. The van der Waals surface area contributed by atoms with Gasteiger partial charge in [-0.3, -0.25) is 9.59 Å². The van der Waals surface area contributed by atoms with E-state index < -0.39 is 0 Å². The molecule has 1 atom stereocenters. The highest BCUT2D eigenvalue weighted by molar-refractivity contribution is 6.03. The molecule has 33 heavy (non-hydrogen) atoms. The number of hydrogen-bond acceptors (Lipinski definition) is 5. The maximum absolute atomic E-state index is 13.3. The van der Waals surface area contributed by atoms with Gasteiger partial charge in [0.1, 0.15) is 18.0 Å². The third kappa shape index (κ3) is 6.12. The monoisotopic (exact) mass is 451 g/mol. The topological polar surface area (TPSA) is 71.4 Å². The lowest BCUT2D eigenvalue weighted by Gasteiger charge is -2.26. The lowest BCUT2D eigenvalue weighted by Crippen LogP contribution is -2.40. The molecule has 0 aromatic heterocycles. The number of likely N-dealkylation sites (N-methyl/N-ethyl adjacent to an activating group) is 1. The molecule has 1 aliphatic rings. The number of ether oxygens (including phenoxy) is 2. The SMILES string of the molecule is COc1ccc(C2=NN(C(=O)CN(C)C(=O)CC(C)(C)C)[C@@H](c3ccc(OC)cc3)C2)cc1. The number of nitrogens with zero attached hydrogens (tertiary/aromatic N) is 3. The maximum Gasteiger partial charge on any atom is 0.262 e. The molecule has 176 valence electrons. The summed E-state index contributed by atoms with van der Waals surface area (Å²) in [4.78, 5) is 27.3. The molecule has 0 unspecified atom stereocenters. The lowest BCUT2D eigenvalue weighted by atomic mass is 9.92. The van der Waals surface area contributed by atoms with E-state index in [-0.39, 0.29) is 29.8 Å². The van der Waals surface area contributed by atoms with Crippen LogP contribution in [0.5, 0.6) is 11.5 Å². The quantitative estimate of drug-likeness (QED) is 0.630. The molecule has 2 aromatic rings. The van der Waals surface area contributed by atoms with E-state index in [9.17, 15) is 9.59 Å². The van der Waals surface area contributed by atoms with Crippen molar-refractivity contribution in [3.8, 4) is 11.5 Å². The standard InChI is InChI=1S/C26H33N3O4/c1-26(2,3)16-24(30)28(4)17-25(31)29-23(19-9-13-21(33-6)14-10-19)15-22(27-29)18-7-11-20(32-5)12-8-18/h7-14,23H,15-17H2,1-6H3/t23-/m1/s1. The van der Waals surface area contributed by atoms with Crippen LogP contribution >= 0.6 is 0 Å². The van der Waals surface area contributed by atoms with Crippen LogP contribution in [0.1, 0.15) is 50.8 Å². The van der Waals surface area contributed by atoms with Gasteiger partial charge in [-0.25, -0.2) is 5.01 Å². The highest BCUT2D eigenvalue weighted by Gasteiger charge is 2.34. The van der Waals surface area contributed by atoms with Crippen molar-refractivity contribution in [2.75, 3.05) is 27.8 Å². The molecule has 0 bridgehead atoms. The van der Waals surface area contributed by atoms with E-state index >= 15 is 0 Å². The number of rotatable bonds is 7. The second kappa shape index (κ2) is 10.1. The van der Waals surface area contributed by atoms with Crippen LogP contribution in [0.2, 0.25) is 0 Å². The first-order chi connectivity index (χ1) is 15.6. The molecule has 0 fully saturated rings. The Morgan fingerprint density at radius 3 is 2.06 bits per heavy atom. The van der Waals surface area contributed by atoms with Crippen LogP contribution in [0, 0.1) is 5.41 Å². The van der Waals surface area contributed by atoms with Crippen LogP contribution in [0.15, 0.2) is 53.6 Å². The number of carbonyl (C=O) groups is 2. The van der Waals surface area contributed by atoms with E-state index in [4.69, 9.17) is 14.6 Å². The van der Waals surface area contributed by atoms with Gasteiger partial charge in [-0.05, 0) is 52.9 Å². The summed E-state index contributed by atoms with van der Waals surface area (Å²) in [6.45, 7) is 5.99. The Bertz CT molecular complexity index is 1010. The summed E-state index contributed by atoms with van der Waals surface area (Å²) in [5.41, 5.74) is 2.56. The first-order valence-corrected chi connectivity index (χ1v) is 11.0. The van der Waals surface area contributed by atoms with Gasteiger partial charge in [0, 0.05) is 19.9 Å². The molecule has 7 heteroatoms. The minimum Gasteiger partial charge on any atom is -0.497 e. The van der Waals surface area contributed by atoms with E-state index in [1.807, 2.05) is 69.3 Å². The zero-order valence-corrected chi connectivity index (χ0v) is 20.3. The largest absolute Gasteiger partial charge is 0.497 e. The highest BCUT2D eigenvalue weighted by Crippen LogP contribution is 2.34. The number of carbonyl (C=O) groups excluding carboxylic acids is 2. The Balaban J connectivity index is 1.85. The molecule has 7 nitrogen and oxygen atoms in total. The Morgan fingerprint density at radius 1 is 1.00 bits per heavy atom. The number of amides is 2. The number of methoxy groups -OCH3 is 2. The van der Waals surface area contributed by atoms with E-state index in [1.54, 1.807) is 21.3 Å². The van der Waals surface area contributed by atoms with Gasteiger partial charge in [0.15, 0.2) is 0 Å². The van der Waals surface area contributed by atoms with Crippen LogP contribution in [-0.2, 0) is 9.59 Å². The molecular formula is C26H33N3O4. The van der Waals surface area contributed by atoms with Gasteiger partial charge in [-0.1, -0.05) is 32.9 Å². The number of hydrazone groups is 1. The van der Waals surface area contributed by atoms with Crippen LogP contribution < -0.4 is 9.47 Å². The summed E-state index contributed by atoms with van der Waals surface area (Å²) in [6.07, 6.45) is 0.948. The summed E-state index contributed by atoms with van der Waals surface area (Å²) in [6, 6.07) is 15.0. The molecule has 2 amide bonds. The highest BCUT2D eigenvalue weighted by atomic mass is 16.5. The van der Waals surface area contributed by atoms with Gasteiger partial charge in [0.25, 0.3) is 5.91 Å². The second-order valence-electron chi connectivity index (χ2n) is 9.49. The van der Waals surface area contributed by atoms with Crippen LogP contribution in [-0.4, -0.2) is 55.2 Å². The second-order valence-corrected chi connectivity index (χ2v) is 9.49. The van der Waals surface area contributed by atoms with Crippen molar-refractivity contribution in [3.05, 3.63) is 59.7 Å². The van der Waals surface area contributed by atoms with Crippen molar-refractivity contribution in [3.63, 3.8) is 0 Å². The normalized spacial score (nSPS) is 15.8. The van der Waals surface area contributed by atoms with Crippen LogP contribution in [0.3, 0.4) is 0 Å². The van der Waals surface area contributed by atoms with Crippen LogP contribution in [0.4, 0.5) is 0 Å². The summed E-state index contributed by atoms with van der Waals surface area (Å²) >= 11 is 0. The predicted molar refractivity (Wildman–Crippen MR) is 128 cm³/mol. The van der Waals surface area contributed by atoms with Gasteiger partial charge < -0.3 is 14.4 Å². The fraction of sp³-hybridized carbons (Fsp3) is 0.423. The minimum absolute atomic E-state index is 0.0268. The smallest absolute Gasteiger partial charge is 0.262 e. The third-order valence-electron chi connectivity index (χ3n) is 5.57. The Labute approximate surface area is 196 Å². The fourth-order valence-electron chi connectivity index (χ4n) is 3.74. The van der Waals surface area contributed by atoms with Crippen molar-refractivity contribution >= 4 is 17.5 Å². The summed E-state index contributed by atoms with van der Waals surface area (Å²) in [7, 11) is 4.91. The predicted octanol–water partition coefficient (Wildman–Crippen LogP) is 4.28. The molecular weight excluding hydrogens is 418 g/mol. The summed E-state index contributed by atoms with van der Waals surface area (Å²) in [5.74, 6) is 1.23. The average Bonchev–Trinajstić information content (AvgIpc) is 3.23.